The van der Waals surface area contributed by atoms with Crippen LogP contribution in [0.2, 0.25) is 0 Å². The van der Waals surface area contributed by atoms with Gasteiger partial charge in [-0.2, -0.15) is 0 Å². The van der Waals surface area contributed by atoms with Crippen molar-refractivity contribution in [2.75, 3.05) is 0 Å². The predicted octanol–water partition coefficient (Wildman–Crippen LogP) is 12.9. The lowest BCUT2D eigenvalue weighted by atomic mass is 9.41. The average molecular weight is 726 g/mol. The molecule has 0 amide bonds. The molecule has 2 aromatic carbocycles. The number of hydrogen-bond acceptors (Lipinski definition) is 2. The summed E-state index contributed by atoms with van der Waals surface area (Å²) in [5, 5.41) is 1.38. The van der Waals surface area contributed by atoms with Crippen LogP contribution < -0.4 is 4.74 Å². The second-order valence-electron chi connectivity index (χ2n) is 18.4. The van der Waals surface area contributed by atoms with Gasteiger partial charge in [0.2, 0.25) is 0 Å². The summed E-state index contributed by atoms with van der Waals surface area (Å²) < 4.78 is 17.4. The van der Waals surface area contributed by atoms with Crippen LogP contribution in [0.1, 0.15) is 119 Å². The number of nitrogens with zero attached hydrogens (tertiary/aromatic N) is 1. The first-order chi connectivity index (χ1) is 26.9. The van der Waals surface area contributed by atoms with Gasteiger partial charge in [-0.3, -0.25) is 0 Å². The molecular formula is C52H55NO2. The van der Waals surface area contributed by atoms with E-state index in [2.05, 4.69) is 147 Å². The Labute approximate surface area is 327 Å². The topological polar surface area (TPSA) is 23.4 Å². The first-order valence-corrected chi connectivity index (χ1v) is 21.4. The molecule has 1 saturated heterocycles. The molecule has 8 aliphatic rings. The molecule has 1 spiro atoms. The smallest absolute Gasteiger partial charge is 0.131 e. The number of aromatic nitrogens is 1. The molecule has 3 heterocycles. The van der Waals surface area contributed by atoms with Crippen molar-refractivity contribution < 1.29 is 9.47 Å². The van der Waals surface area contributed by atoms with Crippen LogP contribution >= 0.6 is 0 Å². The van der Waals surface area contributed by atoms with E-state index >= 15 is 0 Å². The molecule has 3 heteroatoms. The zero-order chi connectivity index (χ0) is 36.9. The lowest BCUT2D eigenvalue weighted by molar-refractivity contribution is -0.244. The summed E-state index contributed by atoms with van der Waals surface area (Å²) in [6, 6.07) is 16.9. The third-order valence-electron chi connectivity index (χ3n) is 15.6. The number of ether oxygens (including phenoxy) is 2. The van der Waals surface area contributed by atoms with Crippen molar-refractivity contribution >= 4 is 17.0 Å². The van der Waals surface area contributed by atoms with Crippen molar-refractivity contribution in [1.29, 1.82) is 0 Å². The second kappa shape index (κ2) is 12.6. The summed E-state index contributed by atoms with van der Waals surface area (Å²) in [6.07, 6.45) is 42.2. The molecule has 3 aromatic rings. The maximum atomic E-state index is 7.46. The van der Waals surface area contributed by atoms with Crippen molar-refractivity contribution in [2.24, 2.45) is 23.2 Å². The number of fused-ring (bicyclic) bond motifs is 10. The monoisotopic (exact) mass is 725 g/mol. The van der Waals surface area contributed by atoms with E-state index in [9.17, 15) is 0 Å². The van der Waals surface area contributed by atoms with E-state index in [0.717, 1.165) is 57.1 Å². The largest absolute Gasteiger partial charge is 0.461 e. The number of allylic oxidation sites excluding steroid dienone is 13. The van der Waals surface area contributed by atoms with Crippen LogP contribution in [-0.2, 0) is 10.2 Å². The molecule has 0 saturated carbocycles. The first kappa shape index (κ1) is 34.0. The predicted molar refractivity (Wildman–Crippen MR) is 225 cm³/mol. The van der Waals surface area contributed by atoms with E-state index in [-0.39, 0.29) is 34.4 Å². The van der Waals surface area contributed by atoms with Crippen LogP contribution in [0.3, 0.4) is 0 Å². The van der Waals surface area contributed by atoms with Crippen molar-refractivity contribution in [3.05, 3.63) is 155 Å². The highest BCUT2D eigenvalue weighted by molar-refractivity contribution is 5.90. The number of benzene rings is 2. The fourth-order valence-corrected chi connectivity index (χ4v) is 12.8. The zero-order valence-corrected chi connectivity index (χ0v) is 32.8. The molecule has 0 radical (unpaired) electrons. The van der Waals surface area contributed by atoms with E-state index < -0.39 is 0 Å². The van der Waals surface area contributed by atoms with Crippen LogP contribution in [0.15, 0.2) is 132 Å². The normalized spacial score (nSPS) is 36.9. The molecule has 55 heavy (non-hydrogen) atoms. The van der Waals surface area contributed by atoms with Crippen molar-refractivity contribution in [2.45, 2.75) is 114 Å². The standard InChI is InChI=1S/C52H55NO2/c1-34-23-26-42-48(31-34)55-51(3)30-13-12-29-50(51,2)52(42)41-27-24-37(33-47(41)54-46-28-25-36(32-43(46)52)35-15-6-4-7-16-35)39-20-14-22-45-49(39)40-19-10-11-21-44(40)53(45)38-17-8-5-9-18-38/h4-6,8-14,17,19,21-24,26-27,32-35,38-39,42,48H,7,15-16,18,20,25,28-31H2,1-3H3. The van der Waals surface area contributed by atoms with Gasteiger partial charge in [-0.15, -0.1) is 0 Å². The Balaban J connectivity index is 1.12. The first-order valence-electron chi connectivity index (χ1n) is 21.4. The van der Waals surface area contributed by atoms with Gasteiger partial charge in [-0.05, 0) is 106 Å². The molecule has 9 atom stereocenters. The lowest BCUT2D eigenvalue weighted by Gasteiger charge is -2.68. The third kappa shape index (κ3) is 4.78. The molecule has 0 bridgehead atoms. The third-order valence-corrected chi connectivity index (χ3v) is 15.6. The van der Waals surface area contributed by atoms with Gasteiger partial charge in [0, 0.05) is 56.8 Å². The van der Waals surface area contributed by atoms with Crippen molar-refractivity contribution in [1.82, 2.24) is 4.57 Å². The summed E-state index contributed by atoms with van der Waals surface area (Å²) in [4.78, 5) is 0. The highest BCUT2D eigenvalue weighted by Gasteiger charge is 2.70. The summed E-state index contributed by atoms with van der Waals surface area (Å²) in [5.41, 5.74) is 9.24. The van der Waals surface area contributed by atoms with Gasteiger partial charge in [-0.25, -0.2) is 0 Å². The highest BCUT2D eigenvalue weighted by Crippen LogP contribution is 2.71. The van der Waals surface area contributed by atoms with Crippen LogP contribution in [0.5, 0.6) is 5.75 Å². The summed E-state index contributed by atoms with van der Waals surface area (Å²) in [6.45, 7) is 7.40. The fourth-order valence-electron chi connectivity index (χ4n) is 12.8. The molecule has 9 unspecified atom stereocenters. The Morgan fingerprint density at radius 3 is 2.62 bits per heavy atom. The SMILES string of the molecule is CC1C=CC2C(C1)OC1(C)CC=CCC1(C)C21C2=C(CCC(C3CC=CCC3)=C2)Oc2cc(C3CC=Cc4c3c3ccccc3n4C3C=CC=CC3)ccc21. The molecule has 3 nitrogen and oxygen atoms in total. The quantitative estimate of drug-likeness (QED) is 0.251. The van der Waals surface area contributed by atoms with E-state index in [1.165, 1.54) is 57.5 Å². The number of rotatable bonds is 3. The van der Waals surface area contributed by atoms with E-state index in [0.29, 0.717) is 17.9 Å². The van der Waals surface area contributed by atoms with Gasteiger partial charge >= 0.3 is 0 Å². The Morgan fingerprint density at radius 1 is 0.836 bits per heavy atom. The Bertz CT molecular complexity index is 2340. The highest BCUT2D eigenvalue weighted by atomic mass is 16.5. The van der Waals surface area contributed by atoms with Gasteiger partial charge in [-0.1, -0.05) is 123 Å². The van der Waals surface area contributed by atoms with E-state index in [4.69, 9.17) is 9.47 Å². The Kier molecular flexibility index (Phi) is 7.77. The number of hydrogen-bond donors (Lipinski definition) is 0. The minimum Gasteiger partial charge on any atom is -0.461 e. The van der Waals surface area contributed by atoms with Crippen molar-refractivity contribution in [3.63, 3.8) is 0 Å². The summed E-state index contributed by atoms with van der Waals surface area (Å²) in [7, 11) is 0. The van der Waals surface area contributed by atoms with Crippen LogP contribution in [0, 0.1) is 23.2 Å². The summed E-state index contributed by atoms with van der Waals surface area (Å²) >= 11 is 0. The molecule has 0 N–H and O–H groups in total. The molecular weight excluding hydrogens is 671 g/mol. The lowest BCUT2D eigenvalue weighted by Crippen LogP contribution is -2.70. The van der Waals surface area contributed by atoms with Gasteiger partial charge in [0.25, 0.3) is 0 Å². The zero-order valence-electron chi connectivity index (χ0n) is 32.8. The molecule has 11 rings (SSSR count). The minimum atomic E-state index is -0.300. The molecule has 2 aliphatic heterocycles. The molecule has 1 aromatic heterocycles. The average Bonchev–Trinajstić information content (AvgIpc) is 3.56. The Hall–Kier alpha value is -4.34. The maximum absolute atomic E-state index is 7.46. The van der Waals surface area contributed by atoms with Crippen LogP contribution in [0.4, 0.5) is 0 Å². The van der Waals surface area contributed by atoms with Crippen molar-refractivity contribution in [3.8, 4) is 5.75 Å². The van der Waals surface area contributed by atoms with E-state index in [1.807, 2.05) is 0 Å². The number of para-hydroxylation sites is 1. The molecule has 280 valence electrons. The molecule has 1 fully saturated rings. The van der Waals surface area contributed by atoms with E-state index in [1.54, 1.807) is 5.57 Å². The Morgan fingerprint density at radius 2 is 1.75 bits per heavy atom. The summed E-state index contributed by atoms with van der Waals surface area (Å²) in [5.74, 6) is 3.90. The van der Waals surface area contributed by atoms with Crippen LogP contribution in [-0.4, -0.2) is 16.3 Å². The minimum absolute atomic E-state index is 0.154. The van der Waals surface area contributed by atoms with Gasteiger partial charge in [0.1, 0.15) is 11.5 Å². The van der Waals surface area contributed by atoms with Gasteiger partial charge in [0.05, 0.1) is 17.7 Å². The maximum Gasteiger partial charge on any atom is 0.131 e. The van der Waals surface area contributed by atoms with Gasteiger partial charge < -0.3 is 14.0 Å². The molecule has 6 aliphatic carbocycles. The van der Waals surface area contributed by atoms with Crippen LogP contribution in [0.25, 0.3) is 17.0 Å². The second-order valence-corrected chi connectivity index (χ2v) is 18.4. The fraction of sp³-hybridized carbons (Fsp3) is 0.423. The van der Waals surface area contributed by atoms with Gasteiger partial charge in [0.15, 0.2) is 0 Å².